The van der Waals surface area contributed by atoms with Gasteiger partial charge in [0.25, 0.3) is 0 Å². The Morgan fingerprint density at radius 3 is 2.70 bits per heavy atom. The van der Waals surface area contributed by atoms with Crippen molar-refractivity contribution in [3.8, 4) is 11.1 Å². The van der Waals surface area contributed by atoms with Gasteiger partial charge in [-0.2, -0.15) is 0 Å². The Morgan fingerprint density at radius 2 is 1.93 bits per heavy atom. The van der Waals surface area contributed by atoms with E-state index >= 15 is 4.39 Å². The number of nitrogens with zero attached hydrogens (tertiary/aromatic N) is 1. The first-order valence-corrected chi connectivity index (χ1v) is 10.8. The maximum absolute atomic E-state index is 15.8. The van der Waals surface area contributed by atoms with Crippen molar-refractivity contribution in [2.75, 3.05) is 19.3 Å². The molecule has 1 saturated carbocycles. The summed E-state index contributed by atoms with van der Waals surface area (Å²) in [5.41, 5.74) is 0.968. The Kier molecular flexibility index (Phi) is 5.24. The smallest absolute Gasteiger partial charge is 0.229 e. The molecule has 0 aromatic heterocycles. The molecule has 1 N–H and O–H groups in total. The second-order valence-corrected chi connectivity index (χ2v) is 8.12. The average molecular weight is 385 g/mol. The van der Waals surface area contributed by atoms with Crippen LogP contribution in [0.3, 0.4) is 0 Å². The van der Waals surface area contributed by atoms with Gasteiger partial charge >= 0.3 is 0 Å². The van der Waals surface area contributed by atoms with Gasteiger partial charge in [0.15, 0.2) is 0 Å². The highest BCUT2D eigenvalue weighted by atomic mass is 32.2. The Labute approximate surface area is 164 Å². The van der Waals surface area contributed by atoms with E-state index in [4.69, 9.17) is 0 Å². The summed E-state index contributed by atoms with van der Waals surface area (Å²) in [6.45, 7) is 1.41. The molecule has 2 aromatic rings. The third-order valence-electron chi connectivity index (χ3n) is 5.67. The van der Waals surface area contributed by atoms with Crippen molar-refractivity contribution in [3.63, 3.8) is 0 Å². The number of likely N-dealkylation sites (tertiary alicyclic amines) is 1. The zero-order chi connectivity index (χ0) is 18.9. The van der Waals surface area contributed by atoms with Gasteiger partial charge in [0, 0.05) is 25.6 Å². The van der Waals surface area contributed by atoms with E-state index < -0.39 is 11.6 Å². The third kappa shape index (κ3) is 3.63. The van der Waals surface area contributed by atoms with Crippen molar-refractivity contribution in [3.05, 3.63) is 60.2 Å². The Hall–Kier alpha value is -1.85. The van der Waals surface area contributed by atoms with Gasteiger partial charge in [-0.05, 0) is 35.8 Å². The summed E-state index contributed by atoms with van der Waals surface area (Å²) < 4.78 is 19.2. The van der Waals surface area contributed by atoms with Crippen molar-refractivity contribution in [1.82, 2.24) is 9.62 Å². The van der Waals surface area contributed by atoms with E-state index in [-0.39, 0.29) is 12.3 Å². The molecule has 0 radical (unpaired) electrons. The molecule has 27 heavy (non-hydrogen) atoms. The summed E-state index contributed by atoms with van der Waals surface area (Å²) in [5.74, 6) is -0.594. The molecule has 0 bridgehead atoms. The minimum absolute atomic E-state index is 0.0343. The van der Waals surface area contributed by atoms with Crippen LogP contribution in [0, 0.1) is 5.92 Å². The zero-order valence-electron chi connectivity index (χ0n) is 15.5. The molecule has 1 aliphatic carbocycles. The lowest BCUT2D eigenvalue weighted by Crippen LogP contribution is -2.47. The van der Waals surface area contributed by atoms with Crippen molar-refractivity contribution in [2.24, 2.45) is 5.92 Å². The number of halogens is 1. The lowest BCUT2D eigenvalue weighted by Gasteiger charge is -2.33. The van der Waals surface area contributed by atoms with Gasteiger partial charge in [-0.1, -0.05) is 66.5 Å². The first-order valence-electron chi connectivity index (χ1n) is 9.54. The summed E-state index contributed by atoms with van der Waals surface area (Å²) in [7, 11) is 0. The summed E-state index contributed by atoms with van der Waals surface area (Å²) in [4.78, 5) is 14.9. The number of hydrogen-bond donors (Lipinski definition) is 1. The zero-order valence-corrected chi connectivity index (χ0v) is 16.3. The van der Waals surface area contributed by atoms with E-state index in [9.17, 15) is 4.79 Å². The third-order valence-corrected chi connectivity index (χ3v) is 6.24. The van der Waals surface area contributed by atoms with E-state index in [0.29, 0.717) is 18.2 Å². The molecule has 3 nitrogen and oxygen atoms in total. The first-order chi connectivity index (χ1) is 13.1. The molecule has 1 amide bonds. The molecule has 1 aliphatic heterocycles. The Morgan fingerprint density at radius 1 is 1.19 bits per heavy atom. The van der Waals surface area contributed by atoms with E-state index in [2.05, 4.69) is 4.72 Å². The predicted octanol–water partition coefficient (Wildman–Crippen LogP) is 4.40. The van der Waals surface area contributed by atoms with Crippen molar-refractivity contribution in [2.45, 2.75) is 31.0 Å². The molecular formula is C22H25FN2OS. The molecule has 5 heteroatoms. The fraction of sp³-hybridized carbons (Fsp3) is 0.409. The fourth-order valence-electron chi connectivity index (χ4n) is 4.19. The summed E-state index contributed by atoms with van der Waals surface area (Å²) in [6, 6.07) is 17.7. The number of carbonyl (C=O) groups is 1. The van der Waals surface area contributed by atoms with E-state index in [1.54, 1.807) is 11.9 Å². The summed E-state index contributed by atoms with van der Waals surface area (Å²) >= 11 is 1.58. The highest BCUT2D eigenvalue weighted by Gasteiger charge is 2.62. The maximum atomic E-state index is 15.8. The molecule has 0 spiro atoms. The van der Waals surface area contributed by atoms with Crippen molar-refractivity contribution >= 4 is 17.9 Å². The monoisotopic (exact) mass is 384 g/mol. The van der Waals surface area contributed by atoms with Crippen LogP contribution in [0.15, 0.2) is 54.6 Å². The van der Waals surface area contributed by atoms with Crippen LogP contribution in [0.5, 0.6) is 0 Å². The van der Waals surface area contributed by atoms with E-state index in [1.807, 2.05) is 65.8 Å². The lowest BCUT2D eigenvalue weighted by atomic mass is 9.94. The summed E-state index contributed by atoms with van der Waals surface area (Å²) in [6.07, 6.45) is 4.31. The predicted molar refractivity (Wildman–Crippen MR) is 109 cm³/mol. The van der Waals surface area contributed by atoms with Crippen LogP contribution in [0.2, 0.25) is 0 Å². The number of nitrogens with one attached hydrogen (secondary N) is 1. The van der Waals surface area contributed by atoms with Gasteiger partial charge < -0.3 is 4.90 Å². The molecule has 3 atom stereocenters. The highest BCUT2D eigenvalue weighted by Crippen LogP contribution is 2.58. The van der Waals surface area contributed by atoms with Crippen LogP contribution in [-0.2, 0) is 10.5 Å². The van der Waals surface area contributed by atoms with Crippen LogP contribution in [0.1, 0.15) is 24.8 Å². The number of benzene rings is 2. The second kappa shape index (κ2) is 7.64. The van der Waals surface area contributed by atoms with Gasteiger partial charge in [-0.3, -0.25) is 9.52 Å². The molecule has 2 fully saturated rings. The second-order valence-electron chi connectivity index (χ2n) is 7.48. The van der Waals surface area contributed by atoms with Crippen molar-refractivity contribution < 1.29 is 9.18 Å². The number of carbonyl (C=O) groups excluding carboxylic acids is 1. The molecule has 3 unspecified atom stereocenters. The van der Waals surface area contributed by atoms with Gasteiger partial charge in [0.1, 0.15) is 5.67 Å². The minimum atomic E-state index is -1.55. The van der Waals surface area contributed by atoms with Crippen LogP contribution < -0.4 is 4.72 Å². The number of alkyl halides is 1. The Bertz CT molecular complexity index is 813. The highest BCUT2D eigenvalue weighted by molar-refractivity contribution is 7.96. The Balaban J connectivity index is 1.54. The molecule has 1 saturated heterocycles. The molecule has 1 heterocycles. The van der Waals surface area contributed by atoms with Gasteiger partial charge in [0.05, 0.1) is 5.92 Å². The quantitative estimate of drug-likeness (QED) is 0.776. The van der Waals surface area contributed by atoms with Gasteiger partial charge in [-0.15, -0.1) is 0 Å². The summed E-state index contributed by atoms with van der Waals surface area (Å²) in [5, 5.41) is 0. The van der Waals surface area contributed by atoms with Crippen LogP contribution in [0.25, 0.3) is 11.1 Å². The molecule has 4 rings (SSSR count). The van der Waals surface area contributed by atoms with E-state index in [1.165, 1.54) is 0 Å². The van der Waals surface area contributed by atoms with E-state index in [0.717, 1.165) is 30.5 Å². The minimum Gasteiger partial charge on any atom is -0.341 e. The number of piperidine rings is 1. The topological polar surface area (TPSA) is 32.3 Å². The largest absolute Gasteiger partial charge is 0.341 e. The van der Waals surface area contributed by atoms with Crippen LogP contribution in [0.4, 0.5) is 4.39 Å². The van der Waals surface area contributed by atoms with Gasteiger partial charge in [-0.25, -0.2) is 4.39 Å². The first kappa shape index (κ1) is 18.5. The maximum Gasteiger partial charge on any atom is 0.229 e. The molecule has 142 valence electrons. The van der Waals surface area contributed by atoms with Crippen LogP contribution >= 0.6 is 11.9 Å². The number of rotatable bonds is 5. The number of amides is 1. The van der Waals surface area contributed by atoms with Crippen molar-refractivity contribution in [1.29, 1.82) is 0 Å². The van der Waals surface area contributed by atoms with Crippen LogP contribution in [-0.4, -0.2) is 36.2 Å². The lowest BCUT2D eigenvalue weighted by molar-refractivity contribution is -0.135. The number of hydrogen-bond acceptors (Lipinski definition) is 3. The standard InChI is InChI=1S/C22H25FN2OS/c1-27-24-17-10-7-13-25(15-17)21(26)20-14-22(20,23)19-12-6-5-11-18(19)16-8-3-2-4-9-16/h2-6,8-9,11-12,17,20,24H,7,10,13-15H2,1H3. The average Bonchev–Trinajstić information content (AvgIpc) is 3.41. The fourth-order valence-corrected chi connectivity index (χ4v) is 4.72. The molecule has 2 aromatic carbocycles. The molecular weight excluding hydrogens is 359 g/mol. The normalized spacial score (nSPS) is 27.4. The van der Waals surface area contributed by atoms with Gasteiger partial charge in [0.2, 0.25) is 5.91 Å². The molecule has 2 aliphatic rings. The SMILES string of the molecule is CSNC1CCCN(C(=O)C2CC2(F)c2ccccc2-c2ccccc2)C1.